The van der Waals surface area contributed by atoms with Crippen LogP contribution in [0.3, 0.4) is 0 Å². The first-order chi connectivity index (χ1) is 13.2. The van der Waals surface area contributed by atoms with Gasteiger partial charge in [-0.3, -0.25) is 4.79 Å². The third-order valence-corrected chi connectivity index (χ3v) is 5.20. The van der Waals surface area contributed by atoms with Gasteiger partial charge in [0, 0.05) is 32.2 Å². The van der Waals surface area contributed by atoms with E-state index in [1.165, 1.54) is 19.3 Å². The van der Waals surface area contributed by atoms with E-state index in [2.05, 4.69) is 5.32 Å². The fraction of sp³-hybridized carbons (Fsp3) is 0.550. The molecule has 0 spiro atoms. The van der Waals surface area contributed by atoms with E-state index < -0.39 is 0 Å². The molecule has 1 aliphatic carbocycles. The monoisotopic (exact) mass is 370 g/mol. The molecule has 7 nitrogen and oxygen atoms in total. The molecular formula is C20H26N4O3. The Morgan fingerprint density at radius 2 is 1.67 bits per heavy atom. The first kappa shape index (κ1) is 19.0. The van der Waals surface area contributed by atoms with Crippen LogP contribution in [-0.4, -0.2) is 60.6 Å². The first-order valence-electron chi connectivity index (χ1n) is 9.62. The molecule has 27 heavy (non-hydrogen) atoms. The number of hydrogen-bond acceptors (Lipinski definition) is 4. The molecule has 1 aromatic rings. The number of rotatable bonds is 4. The summed E-state index contributed by atoms with van der Waals surface area (Å²) in [5, 5.41) is 11.9. The minimum absolute atomic E-state index is 0.0113. The van der Waals surface area contributed by atoms with E-state index in [0.29, 0.717) is 43.5 Å². The Morgan fingerprint density at radius 1 is 1.04 bits per heavy atom. The lowest BCUT2D eigenvalue weighted by atomic mass is 9.96. The van der Waals surface area contributed by atoms with Crippen LogP contribution >= 0.6 is 0 Å². The number of nitriles is 1. The fourth-order valence-electron chi connectivity index (χ4n) is 3.53. The highest BCUT2D eigenvalue weighted by Gasteiger charge is 2.26. The van der Waals surface area contributed by atoms with E-state index in [1.807, 2.05) is 6.07 Å². The largest absolute Gasteiger partial charge is 0.484 e. The van der Waals surface area contributed by atoms with Crippen molar-refractivity contribution in [2.45, 2.75) is 38.1 Å². The van der Waals surface area contributed by atoms with Crippen molar-refractivity contribution in [1.29, 1.82) is 5.26 Å². The topological polar surface area (TPSA) is 85.7 Å². The van der Waals surface area contributed by atoms with Crippen LogP contribution in [0.2, 0.25) is 0 Å². The molecule has 0 unspecified atom stereocenters. The third-order valence-electron chi connectivity index (χ3n) is 5.20. The number of carbonyl (C=O) groups excluding carboxylic acids is 2. The molecule has 0 radical (unpaired) electrons. The average molecular weight is 370 g/mol. The van der Waals surface area contributed by atoms with Gasteiger partial charge in [0.15, 0.2) is 6.61 Å². The second-order valence-electron chi connectivity index (χ2n) is 7.08. The second kappa shape index (κ2) is 9.26. The van der Waals surface area contributed by atoms with Gasteiger partial charge in [-0.05, 0) is 37.1 Å². The summed E-state index contributed by atoms with van der Waals surface area (Å²) in [6.07, 6.45) is 5.77. The number of piperazine rings is 1. The summed E-state index contributed by atoms with van der Waals surface area (Å²) in [6, 6.07) is 9.00. The molecule has 2 aliphatic rings. The van der Waals surface area contributed by atoms with Crippen molar-refractivity contribution < 1.29 is 14.3 Å². The minimum atomic E-state index is -0.0910. The number of nitrogens with one attached hydrogen (secondary N) is 1. The summed E-state index contributed by atoms with van der Waals surface area (Å²) >= 11 is 0. The highest BCUT2D eigenvalue weighted by molar-refractivity contribution is 5.79. The van der Waals surface area contributed by atoms with Crippen LogP contribution in [0, 0.1) is 11.3 Å². The Labute approximate surface area is 159 Å². The van der Waals surface area contributed by atoms with Crippen LogP contribution in [0.5, 0.6) is 5.75 Å². The first-order valence-corrected chi connectivity index (χ1v) is 9.62. The van der Waals surface area contributed by atoms with Crippen molar-refractivity contribution in [3.05, 3.63) is 29.8 Å². The summed E-state index contributed by atoms with van der Waals surface area (Å²) < 4.78 is 5.50. The summed E-state index contributed by atoms with van der Waals surface area (Å²) in [5.41, 5.74) is 0.552. The predicted molar refractivity (Wildman–Crippen MR) is 100 cm³/mol. The molecule has 3 amide bonds. The highest BCUT2D eigenvalue weighted by atomic mass is 16.5. The normalized spacial score (nSPS) is 17.9. The Balaban J connectivity index is 1.39. The van der Waals surface area contributed by atoms with E-state index in [0.717, 1.165) is 12.8 Å². The molecule has 0 aromatic heterocycles. The van der Waals surface area contributed by atoms with Crippen LogP contribution < -0.4 is 10.1 Å². The van der Waals surface area contributed by atoms with Crippen molar-refractivity contribution in [2.75, 3.05) is 32.8 Å². The zero-order chi connectivity index (χ0) is 19.1. The zero-order valence-electron chi connectivity index (χ0n) is 15.5. The van der Waals surface area contributed by atoms with E-state index >= 15 is 0 Å². The molecule has 1 N–H and O–H groups in total. The number of amides is 3. The summed E-state index contributed by atoms with van der Waals surface area (Å²) in [5.74, 6) is 0.472. The zero-order valence-corrected chi connectivity index (χ0v) is 15.5. The van der Waals surface area contributed by atoms with Crippen molar-refractivity contribution >= 4 is 11.9 Å². The molecular weight excluding hydrogens is 344 g/mol. The maximum absolute atomic E-state index is 12.4. The molecule has 0 bridgehead atoms. The van der Waals surface area contributed by atoms with Gasteiger partial charge in [-0.15, -0.1) is 0 Å². The van der Waals surface area contributed by atoms with Crippen LogP contribution in [0.15, 0.2) is 24.3 Å². The lowest BCUT2D eigenvalue weighted by Crippen LogP contribution is -2.55. The van der Waals surface area contributed by atoms with Crippen molar-refractivity contribution in [3.8, 4) is 11.8 Å². The van der Waals surface area contributed by atoms with Crippen LogP contribution in [0.1, 0.15) is 37.7 Å². The number of urea groups is 1. The molecule has 144 valence electrons. The maximum Gasteiger partial charge on any atom is 0.317 e. The third kappa shape index (κ3) is 5.36. The standard InChI is InChI=1S/C20H26N4O3/c21-14-16-6-8-18(9-7-16)27-15-19(25)23-10-12-24(13-11-23)20(26)22-17-4-2-1-3-5-17/h6-9,17H,1-5,10-13,15H2,(H,22,26). The molecule has 1 aliphatic heterocycles. The van der Waals surface area contributed by atoms with E-state index in [9.17, 15) is 9.59 Å². The van der Waals surface area contributed by atoms with Gasteiger partial charge in [0.25, 0.3) is 5.91 Å². The Bertz CT molecular complexity index is 684. The Hall–Kier alpha value is -2.75. The van der Waals surface area contributed by atoms with Crippen molar-refractivity contribution in [1.82, 2.24) is 15.1 Å². The molecule has 1 aromatic carbocycles. The van der Waals surface area contributed by atoms with Gasteiger partial charge in [-0.2, -0.15) is 5.26 Å². The molecule has 7 heteroatoms. The lowest BCUT2D eigenvalue weighted by molar-refractivity contribution is -0.134. The average Bonchev–Trinajstić information content (AvgIpc) is 2.73. The van der Waals surface area contributed by atoms with Crippen LogP contribution in [0.4, 0.5) is 4.79 Å². The smallest absolute Gasteiger partial charge is 0.317 e. The Kier molecular flexibility index (Phi) is 6.53. The minimum Gasteiger partial charge on any atom is -0.484 e. The summed E-state index contributed by atoms with van der Waals surface area (Å²) in [4.78, 5) is 28.2. The summed E-state index contributed by atoms with van der Waals surface area (Å²) in [7, 11) is 0. The number of hydrogen-bond donors (Lipinski definition) is 1. The molecule has 0 atom stereocenters. The second-order valence-corrected chi connectivity index (χ2v) is 7.08. The summed E-state index contributed by atoms with van der Waals surface area (Å²) in [6.45, 7) is 2.09. The number of benzene rings is 1. The van der Waals surface area contributed by atoms with Gasteiger partial charge in [0.2, 0.25) is 0 Å². The van der Waals surface area contributed by atoms with Crippen LogP contribution in [0.25, 0.3) is 0 Å². The number of nitrogens with zero attached hydrogens (tertiary/aromatic N) is 3. The maximum atomic E-state index is 12.4. The Morgan fingerprint density at radius 3 is 2.30 bits per heavy atom. The quantitative estimate of drug-likeness (QED) is 0.880. The van der Waals surface area contributed by atoms with E-state index in [-0.39, 0.29) is 18.5 Å². The molecule has 2 fully saturated rings. The fourth-order valence-corrected chi connectivity index (χ4v) is 3.53. The highest BCUT2D eigenvalue weighted by Crippen LogP contribution is 2.18. The van der Waals surface area contributed by atoms with Gasteiger partial charge < -0.3 is 19.9 Å². The van der Waals surface area contributed by atoms with E-state index in [1.54, 1.807) is 34.1 Å². The van der Waals surface area contributed by atoms with Gasteiger partial charge in [0.05, 0.1) is 11.6 Å². The molecule has 1 saturated carbocycles. The van der Waals surface area contributed by atoms with Crippen molar-refractivity contribution in [2.24, 2.45) is 0 Å². The van der Waals surface area contributed by atoms with Gasteiger partial charge in [-0.25, -0.2) is 4.79 Å². The van der Waals surface area contributed by atoms with Gasteiger partial charge in [0.1, 0.15) is 5.75 Å². The van der Waals surface area contributed by atoms with Gasteiger partial charge >= 0.3 is 6.03 Å². The van der Waals surface area contributed by atoms with Crippen molar-refractivity contribution in [3.63, 3.8) is 0 Å². The SMILES string of the molecule is N#Cc1ccc(OCC(=O)N2CCN(C(=O)NC3CCCCC3)CC2)cc1. The molecule has 1 heterocycles. The van der Waals surface area contributed by atoms with Gasteiger partial charge in [-0.1, -0.05) is 19.3 Å². The van der Waals surface area contributed by atoms with Crippen LogP contribution in [-0.2, 0) is 4.79 Å². The molecule has 1 saturated heterocycles. The molecule has 3 rings (SSSR count). The predicted octanol–water partition coefficient (Wildman–Crippen LogP) is 2.12. The van der Waals surface area contributed by atoms with E-state index in [4.69, 9.17) is 10.00 Å². The number of carbonyl (C=O) groups is 2. The lowest BCUT2D eigenvalue weighted by Gasteiger charge is -2.36. The number of ether oxygens (including phenoxy) is 1.